The van der Waals surface area contributed by atoms with Crippen LogP contribution in [0.25, 0.3) is 0 Å². The van der Waals surface area contributed by atoms with Crippen LogP contribution in [0.2, 0.25) is 0 Å². The SMILES string of the molecule is O=C(CNc1cc(F)c(F)cc1F)NC1CCCCCC1. The summed E-state index contributed by atoms with van der Waals surface area (Å²) >= 11 is 0. The van der Waals surface area contributed by atoms with Gasteiger partial charge in [-0.2, -0.15) is 0 Å². The normalized spacial score (nSPS) is 16.3. The van der Waals surface area contributed by atoms with Crippen LogP contribution in [0.5, 0.6) is 0 Å². The van der Waals surface area contributed by atoms with Crippen LogP contribution in [0.15, 0.2) is 12.1 Å². The molecule has 116 valence electrons. The Bertz CT molecular complexity index is 500. The van der Waals surface area contributed by atoms with Crippen molar-refractivity contribution in [1.29, 1.82) is 0 Å². The Hall–Kier alpha value is -1.72. The molecule has 2 rings (SSSR count). The highest BCUT2D eigenvalue weighted by molar-refractivity contribution is 5.81. The van der Waals surface area contributed by atoms with Crippen molar-refractivity contribution in [3.05, 3.63) is 29.6 Å². The van der Waals surface area contributed by atoms with Crippen LogP contribution in [-0.4, -0.2) is 18.5 Å². The van der Waals surface area contributed by atoms with Crippen molar-refractivity contribution in [2.45, 2.75) is 44.6 Å². The maximum Gasteiger partial charge on any atom is 0.239 e. The number of rotatable bonds is 4. The predicted molar refractivity (Wildman–Crippen MR) is 74.4 cm³/mol. The molecule has 0 heterocycles. The van der Waals surface area contributed by atoms with Gasteiger partial charge in [-0.15, -0.1) is 0 Å². The summed E-state index contributed by atoms with van der Waals surface area (Å²) in [6.07, 6.45) is 6.46. The standard InChI is InChI=1S/C15H19F3N2O/c16-11-7-13(18)14(8-12(11)17)19-9-15(21)20-10-5-3-1-2-4-6-10/h7-8,10,19H,1-6,9H2,(H,20,21). The Morgan fingerprint density at radius 1 is 1.00 bits per heavy atom. The Morgan fingerprint density at radius 3 is 2.29 bits per heavy atom. The fraction of sp³-hybridized carbons (Fsp3) is 0.533. The largest absolute Gasteiger partial charge is 0.374 e. The van der Waals surface area contributed by atoms with Gasteiger partial charge in [-0.3, -0.25) is 4.79 Å². The van der Waals surface area contributed by atoms with E-state index in [9.17, 15) is 18.0 Å². The maximum atomic E-state index is 13.4. The van der Waals surface area contributed by atoms with E-state index in [1.807, 2.05) is 0 Å². The van der Waals surface area contributed by atoms with Crippen LogP contribution in [0.4, 0.5) is 18.9 Å². The molecule has 0 atom stereocenters. The van der Waals surface area contributed by atoms with E-state index >= 15 is 0 Å². The van der Waals surface area contributed by atoms with E-state index in [0.717, 1.165) is 25.7 Å². The lowest BCUT2D eigenvalue weighted by molar-refractivity contribution is -0.120. The van der Waals surface area contributed by atoms with Crippen molar-refractivity contribution in [2.24, 2.45) is 0 Å². The summed E-state index contributed by atoms with van der Waals surface area (Å²) in [5, 5.41) is 5.38. The molecule has 0 unspecified atom stereocenters. The highest BCUT2D eigenvalue weighted by Crippen LogP contribution is 2.19. The van der Waals surface area contributed by atoms with Gasteiger partial charge < -0.3 is 10.6 Å². The highest BCUT2D eigenvalue weighted by atomic mass is 19.2. The smallest absolute Gasteiger partial charge is 0.239 e. The molecule has 6 heteroatoms. The number of nitrogens with one attached hydrogen (secondary N) is 2. The first-order valence-electron chi connectivity index (χ1n) is 7.24. The summed E-state index contributed by atoms with van der Waals surface area (Å²) in [6.45, 7) is -0.168. The third kappa shape index (κ3) is 4.65. The lowest BCUT2D eigenvalue weighted by Gasteiger charge is -2.16. The molecular formula is C15H19F3N2O. The molecule has 1 aliphatic rings. The summed E-state index contributed by atoms with van der Waals surface area (Å²) in [5.41, 5.74) is -0.218. The third-order valence-electron chi connectivity index (χ3n) is 3.67. The van der Waals surface area contributed by atoms with Gasteiger partial charge in [0.05, 0.1) is 12.2 Å². The van der Waals surface area contributed by atoms with E-state index in [0.29, 0.717) is 12.1 Å². The molecule has 1 saturated carbocycles. The first-order chi connectivity index (χ1) is 10.1. The fourth-order valence-corrected chi connectivity index (χ4v) is 2.54. The number of halogens is 3. The summed E-state index contributed by atoms with van der Waals surface area (Å²) in [7, 11) is 0. The molecule has 1 aliphatic carbocycles. The zero-order valence-electron chi connectivity index (χ0n) is 11.7. The number of anilines is 1. The first kappa shape index (κ1) is 15.7. The van der Waals surface area contributed by atoms with Crippen LogP contribution in [-0.2, 0) is 4.79 Å². The number of amides is 1. The molecule has 0 saturated heterocycles. The average Bonchev–Trinajstić information content (AvgIpc) is 2.70. The van der Waals surface area contributed by atoms with E-state index in [1.165, 1.54) is 12.8 Å². The van der Waals surface area contributed by atoms with Crippen LogP contribution in [0.3, 0.4) is 0 Å². The van der Waals surface area contributed by atoms with Gasteiger partial charge in [-0.25, -0.2) is 13.2 Å². The molecule has 1 aromatic carbocycles. The van der Waals surface area contributed by atoms with E-state index in [1.54, 1.807) is 0 Å². The predicted octanol–water partition coefficient (Wildman–Crippen LogP) is 3.35. The lowest BCUT2D eigenvalue weighted by Crippen LogP contribution is -2.38. The number of hydrogen-bond acceptors (Lipinski definition) is 2. The molecule has 1 aromatic rings. The van der Waals surface area contributed by atoms with E-state index < -0.39 is 17.5 Å². The molecule has 21 heavy (non-hydrogen) atoms. The maximum absolute atomic E-state index is 13.4. The average molecular weight is 300 g/mol. The summed E-state index contributed by atoms with van der Waals surface area (Å²) in [5.74, 6) is -3.59. The van der Waals surface area contributed by atoms with Crippen molar-refractivity contribution in [3.63, 3.8) is 0 Å². The quantitative estimate of drug-likeness (QED) is 0.661. The summed E-state index contributed by atoms with van der Waals surface area (Å²) in [4.78, 5) is 11.8. The van der Waals surface area contributed by atoms with E-state index in [2.05, 4.69) is 10.6 Å². The van der Waals surface area contributed by atoms with Gasteiger partial charge in [-0.05, 0) is 12.8 Å². The lowest BCUT2D eigenvalue weighted by atomic mass is 10.1. The number of carbonyl (C=O) groups excluding carboxylic acids is 1. The minimum Gasteiger partial charge on any atom is -0.374 e. The molecule has 0 bridgehead atoms. The van der Waals surface area contributed by atoms with Crippen LogP contribution < -0.4 is 10.6 Å². The van der Waals surface area contributed by atoms with Crippen molar-refractivity contribution < 1.29 is 18.0 Å². The van der Waals surface area contributed by atoms with Gasteiger partial charge >= 0.3 is 0 Å². The zero-order valence-corrected chi connectivity index (χ0v) is 11.7. The van der Waals surface area contributed by atoms with Crippen molar-refractivity contribution in [1.82, 2.24) is 5.32 Å². The minimum absolute atomic E-state index is 0.150. The second kappa shape index (κ2) is 7.33. The van der Waals surface area contributed by atoms with Crippen molar-refractivity contribution in [3.8, 4) is 0 Å². The highest BCUT2D eigenvalue weighted by Gasteiger charge is 2.15. The fourth-order valence-electron chi connectivity index (χ4n) is 2.54. The number of hydrogen-bond donors (Lipinski definition) is 2. The molecule has 1 fully saturated rings. The van der Waals surface area contributed by atoms with Crippen molar-refractivity contribution >= 4 is 11.6 Å². The van der Waals surface area contributed by atoms with Crippen LogP contribution >= 0.6 is 0 Å². The summed E-state index contributed by atoms with van der Waals surface area (Å²) in [6, 6.07) is 1.32. The van der Waals surface area contributed by atoms with Crippen molar-refractivity contribution in [2.75, 3.05) is 11.9 Å². The monoisotopic (exact) mass is 300 g/mol. The summed E-state index contributed by atoms with van der Waals surface area (Å²) < 4.78 is 39.2. The number of carbonyl (C=O) groups is 1. The van der Waals surface area contributed by atoms with E-state index in [4.69, 9.17) is 0 Å². The Balaban J connectivity index is 1.84. The minimum atomic E-state index is -1.25. The zero-order chi connectivity index (χ0) is 15.2. The topological polar surface area (TPSA) is 41.1 Å². The van der Waals surface area contributed by atoms with Gasteiger partial charge in [0, 0.05) is 18.2 Å². The molecule has 2 N–H and O–H groups in total. The molecule has 0 spiro atoms. The Kier molecular flexibility index (Phi) is 5.47. The molecule has 3 nitrogen and oxygen atoms in total. The van der Waals surface area contributed by atoms with Gasteiger partial charge in [0.1, 0.15) is 5.82 Å². The van der Waals surface area contributed by atoms with Gasteiger partial charge in [-0.1, -0.05) is 25.7 Å². The van der Waals surface area contributed by atoms with E-state index in [-0.39, 0.29) is 24.2 Å². The van der Waals surface area contributed by atoms with Gasteiger partial charge in [0.2, 0.25) is 5.91 Å². The van der Waals surface area contributed by atoms with Gasteiger partial charge in [0.15, 0.2) is 11.6 Å². The molecule has 0 radical (unpaired) electrons. The van der Waals surface area contributed by atoms with Crippen LogP contribution in [0, 0.1) is 17.5 Å². The Morgan fingerprint density at radius 2 is 1.62 bits per heavy atom. The molecule has 0 aliphatic heterocycles. The van der Waals surface area contributed by atoms with Gasteiger partial charge in [0.25, 0.3) is 0 Å². The second-order valence-corrected chi connectivity index (χ2v) is 5.36. The van der Waals surface area contributed by atoms with Crippen LogP contribution in [0.1, 0.15) is 38.5 Å². The molecular weight excluding hydrogens is 281 g/mol. The molecule has 1 amide bonds. The number of benzene rings is 1. The third-order valence-corrected chi connectivity index (χ3v) is 3.67. The Labute approximate surface area is 121 Å². The molecule has 0 aromatic heterocycles. The second-order valence-electron chi connectivity index (χ2n) is 5.36. The first-order valence-corrected chi connectivity index (χ1v) is 7.24.